The van der Waals surface area contributed by atoms with Crippen molar-refractivity contribution in [3.63, 3.8) is 0 Å². The van der Waals surface area contributed by atoms with Gasteiger partial charge in [0.25, 0.3) is 11.7 Å². The van der Waals surface area contributed by atoms with Gasteiger partial charge in [0.2, 0.25) is 5.79 Å². The van der Waals surface area contributed by atoms with E-state index in [4.69, 9.17) is 40.3 Å². The lowest BCUT2D eigenvalue weighted by Crippen LogP contribution is -2.61. The van der Waals surface area contributed by atoms with Gasteiger partial charge in [-0.1, -0.05) is 75.6 Å². The first kappa shape index (κ1) is 59.7. The second-order valence-electron chi connectivity index (χ2n) is 21.1. The van der Waals surface area contributed by atoms with Gasteiger partial charge in [-0.25, -0.2) is 9.59 Å². The van der Waals surface area contributed by atoms with Crippen LogP contribution >= 0.6 is 0 Å². The molecular weight excluding hydrogens is 951 g/mol. The lowest BCUT2D eigenvalue weighted by Gasteiger charge is -2.42. The van der Waals surface area contributed by atoms with Crippen LogP contribution in [0.1, 0.15) is 130 Å². The summed E-state index contributed by atoms with van der Waals surface area (Å²) in [7, 11) is 2.89. The van der Waals surface area contributed by atoms with Crippen LogP contribution in [0, 0.1) is 41.9 Å². The van der Waals surface area contributed by atoms with Crippen molar-refractivity contribution in [1.29, 1.82) is 0 Å². The van der Waals surface area contributed by atoms with Gasteiger partial charge in [0.05, 0.1) is 24.5 Å². The number of furan rings is 1. The lowest BCUT2D eigenvalue weighted by atomic mass is 9.79. The predicted octanol–water partition coefficient (Wildman–Crippen LogP) is 6.60. The molecule has 4 heterocycles. The van der Waals surface area contributed by atoms with Gasteiger partial charge >= 0.3 is 12.1 Å². The predicted molar refractivity (Wildman–Crippen MR) is 276 cm³/mol. The number of fused-ring (bicyclic) bond motifs is 3. The minimum Gasteiger partial charge on any atom is -0.469 e. The molecule has 5 rings (SSSR count). The fraction of sp³-hybridized carbons (Fsp3) is 0.649. The van der Waals surface area contributed by atoms with Gasteiger partial charge in [0, 0.05) is 56.9 Å². The molecule has 1 aliphatic carbocycles. The number of carbonyl (C=O) groups excluding carboxylic acids is 6. The number of aliphatic hydroxyl groups excluding tert-OH is 1. The summed E-state index contributed by atoms with van der Waals surface area (Å²) in [5.41, 5.74) is 8.20. The van der Waals surface area contributed by atoms with E-state index in [0.29, 0.717) is 69.1 Å². The number of hydrogen-bond acceptors (Lipinski definition) is 15. The number of carbonyl (C=O) groups is 6. The molecule has 0 spiro atoms. The summed E-state index contributed by atoms with van der Waals surface area (Å²) in [5.74, 6) is -5.85. The van der Waals surface area contributed by atoms with Crippen LogP contribution in [0.4, 0.5) is 4.79 Å². The Morgan fingerprint density at radius 3 is 2.42 bits per heavy atom. The first-order valence-electron chi connectivity index (χ1n) is 26.3. The highest BCUT2D eigenvalue weighted by molar-refractivity contribution is 6.39. The SMILES string of the molecule is C#CCOC(=O)N[C@H]1CC[C@@H](C[C@@H](N)[C@@H]2CC(=O)[C@H](C)/C=C(\C)[C@@H](O)[C@@H](OC)C(=O)[C@H](C)C[C@H](C)/C=C/C=C/C=C(\C)C(c3ccco3)C[C@@H]3CC[C@@H](C)[C@@](O)(O3)C(=O)C(=O)N3CCCC[C@H]3C(=O)O2)C[C@H]1OC. The number of aliphatic hydroxyl groups is 2. The molecule has 1 aromatic heterocycles. The second kappa shape index (κ2) is 28.1. The number of terminal acetylenes is 1. The molecule has 0 radical (unpaired) electrons. The molecule has 2 saturated heterocycles. The molecule has 3 fully saturated rings. The molecule has 17 nitrogen and oxygen atoms in total. The van der Waals surface area contributed by atoms with E-state index in [9.17, 15) is 39.0 Å². The van der Waals surface area contributed by atoms with Gasteiger partial charge in [-0.15, -0.1) is 6.42 Å². The quantitative estimate of drug-likeness (QED) is 0.0928. The molecule has 1 aromatic rings. The molecule has 15 atom stereocenters. The highest BCUT2D eigenvalue weighted by Crippen LogP contribution is 2.40. The summed E-state index contributed by atoms with van der Waals surface area (Å²) in [5, 5.41) is 26.5. The molecule has 4 aliphatic rings. The van der Waals surface area contributed by atoms with Crippen LogP contribution in [0.15, 0.2) is 70.4 Å². The van der Waals surface area contributed by atoms with E-state index >= 15 is 0 Å². The van der Waals surface area contributed by atoms with Crippen molar-refractivity contribution >= 4 is 35.3 Å². The highest BCUT2D eigenvalue weighted by atomic mass is 16.6. The molecule has 3 aliphatic heterocycles. The largest absolute Gasteiger partial charge is 0.469 e. The monoisotopic (exact) mass is 1030 g/mol. The minimum absolute atomic E-state index is 0.0170. The van der Waals surface area contributed by atoms with Crippen LogP contribution in [-0.4, -0.2) is 132 Å². The number of allylic oxidation sites excluding steroid dienone is 7. The summed E-state index contributed by atoms with van der Waals surface area (Å²) < 4.78 is 34.7. The van der Waals surface area contributed by atoms with E-state index in [0.717, 1.165) is 10.5 Å². The molecular formula is C57H81N3O14. The number of nitrogens with one attached hydrogen (secondary N) is 1. The maximum absolute atomic E-state index is 14.5. The van der Waals surface area contributed by atoms with E-state index in [-0.39, 0.29) is 67.8 Å². The third kappa shape index (κ3) is 15.7. The maximum Gasteiger partial charge on any atom is 0.408 e. The van der Waals surface area contributed by atoms with Crippen LogP contribution in [0.2, 0.25) is 0 Å². The van der Waals surface area contributed by atoms with Crippen LogP contribution in [0.5, 0.6) is 0 Å². The third-order valence-electron chi connectivity index (χ3n) is 15.5. The van der Waals surface area contributed by atoms with Crippen molar-refractivity contribution in [1.82, 2.24) is 10.2 Å². The Labute approximate surface area is 437 Å². The van der Waals surface area contributed by atoms with Gasteiger partial charge in [-0.2, -0.15) is 0 Å². The number of nitrogens with two attached hydrogens (primary N) is 1. The van der Waals surface area contributed by atoms with Crippen LogP contribution in [0.3, 0.4) is 0 Å². The van der Waals surface area contributed by atoms with Crippen molar-refractivity contribution in [2.45, 2.75) is 179 Å². The van der Waals surface area contributed by atoms with Gasteiger partial charge in [-0.3, -0.25) is 19.2 Å². The second-order valence-corrected chi connectivity index (χ2v) is 21.1. The van der Waals surface area contributed by atoms with E-state index in [1.807, 2.05) is 50.3 Å². The van der Waals surface area contributed by atoms with Crippen molar-refractivity contribution in [3.8, 4) is 12.3 Å². The number of rotatable bonds is 8. The van der Waals surface area contributed by atoms with E-state index < -0.39 is 89.9 Å². The Hall–Kier alpha value is -5.22. The molecule has 0 aromatic carbocycles. The fourth-order valence-electron chi connectivity index (χ4n) is 11.0. The van der Waals surface area contributed by atoms with Gasteiger partial charge in [0.1, 0.15) is 35.9 Å². The zero-order valence-corrected chi connectivity index (χ0v) is 44.6. The van der Waals surface area contributed by atoms with Crippen LogP contribution in [0.25, 0.3) is 0 Å². The zero-order chi connectivity index (χ0) is 54.3. The first-order chi connectivity index (χ1) is 35.2. The van der Waals surface area contributed by atoms with Crippen LogP contribution in [-0.2, 0) is 47.7 Å². The number of nitrogens with zero attached hydrogens (tertiary/aromatic N) is 1. The van der Waals surface area contributed by atoms with E-state index in [1.54, 1.807) is 46.1 Å². The number of piperidine rings is 1. The van der Waals surface area contributed by atoms with E-state index in [1.165, 1.54) is 14.2 Å². The molecule has 2 amide bonds. The first-order valence-corrected chi connectivity index (χ1v) is 26.3. The molecule has 408 valence electrons. The average molecular weight is 1030 g/mol. The number of Topliss-reactive ketones (excluding diaryl/α,β-unsaturated/α-hetero) is 3. The number of esters is 1. The number of ketones is 3. The van der Waals surface area contributed by atoms with Crippen LogP contribution < -0.4 is 11.1 Å². The Morgan fingerprint density at radius 2 is 1.73 bits per heavy atom. The molecule has 1 unspecified atom stereocenters. The Balaban J connectivity index is 1.47. The third-order valence-corrected chi connectivity index (χ3v) is 15.5. The van der Waals surface area contributed by atoms with Gasteiger partial charge in [-0.05, 0) is 114 Å². The normalized spacial score (nSPS) is 36.6. The van der Waals surface area contributed by atoms with Gasteiger partial charge < -0.3 is 54.3 Å². The highest BCUT2D eigenvalue weighted by Gasteiger charge is 2.53. The average Bonchev–Trinajstić information content (AvgIpc) is 3.92. The molecule has 17 heteroatoms. The fourth-order valence-corrected chi connectivity index (χ4v) is 11.0. The summed E-state index contributed by atoms with van der Waals surface area (Å²) in [6.45, 7) is 10.5. The standard InChI is InChI=1S/C57H81N3O14/c1-10-26-72-56(67)59-44-24-22-40(31-49(44)69-8)30-43(58)48-33-46(61)36(4)29-38(6)51(63)52(70-9)50(62)37(5)28-34(2)17-12-11-13-18-35(3)42(47-20-16-27-71-47)32-41-23-21-39(7)57(68,74-41)53(64)54(65)60-25-15-14-19-45(60)55(66)73-48/h1,11-13,16-18,20,27,29,34,36-37,39-45,48-49,51-52,63,68H,14-15,19,21-26,28,30-33,58H2,2-9H3,(H,59,67)/b13-11+,17-12+,35-18+,38-29+/t34-,36-,37-,39-,40+,41+,42?,43-,44+,45+,48+,49-,51-,52+,57-/m1/s1. The van der Waals surface area contributed by atoms with Gasteiger partial charge in [0.15, 0.2) is 12.4 Å². The van der Waals surface area contributed by atoms with Crippen molar-refractivity contribution in [2.75, 3.05) is 27.4 Å². The molecule has 5 N–H and O–H groups in total. The Kier molecular flexibility index (Phi) is 22.6. The summed E-state index contributed by atoms with van der Waals surface area (Å²) in [6.07, 6.45) is 16.8. The Bertz CT molecular complexity index is 2250. The number of ether oxygens (including phenoxy) is 5. The topological polar surface area (TPSA) is 243 Å². The maximum atomic E-state index is 14.5. The van der Waals surface area contributed by atoms with Crippen molar-refractivity contribution in [3.05, 3.63) is 71.8 Å². The number of cyclic esters (lactones) is 1. The molecule has 1 saturated carbocycles. The number of hydrogen-bond donors (Lipinski definition) is 4. The van der Waals surface area contributed by atoms with Crippen molar-refractivity contribution < 1.29 is 67.1 Å². The summed E-state index contributed by atoms with van der Waals surface area (Å²) in [4.78, 5) is 85.0. The lowest BCUT2D eigenvalue weighted by molar-refractivity contribution is -0.264. The van der Waals surface area contributed by atoms with Crippen molar-refractivity contribution in [2.24, 2.45) is 35.3 Å². The number of methoxy groups -OCH3 is 2. The summed E-state index contributed by atoms with van der Waals surface area (Å²) in [6, 6.07) is 1.12. The number of alkyl carbamates (subject to hydrolysis) is 1. The summed E-state index contributed by atoms with van der Waals surface area (Å²) >= 11 is 0. The minimum atomic E-state index is -2.49. The molecule has 2 bridgehead atoms. The number of amides is 2. The smallest absolute Gasteiger partial charge is 0.408 e. The Morgan fingerprint density at radius 1 is 0.973 bits per heavy atom. The molecule has 74 heavy (non-hydrogen) atoms. The van der Waals surface area contributed by atoms with E-state index in [2.05, 4.69) is 11.2 Å². The zero-order valence-electron chi connectivity index (χ0n) is 44.6.